The monoisotopic (exact) mass is 321 g/mol. The van der Waals surface area contributed by atoms with E-state index in [0.717, 1.165) is 18.5 Å². The van der Waals surface area contributed by atoms with Crippen LogP contribution in [0.3, 0.4) is 0 Å². The quantitative estimate of drug-likeness (QED) is 0.806. The van der Waals surface area contributed by atoms with E-state index in [-0.39, 0.29) is 11.5 Å². The number of carbonyl (C=O) groups excluding carboxylic acids is 1. The highest BCUT2D eigenvalue weighted by Crippen LogP contribution is 2.20. The van der Waals surface area contributed by atoms with E-state index in [9.17, 15) is 9.59 Å². The summed E-state index contributed by atoms with van der Waals surface area (Å²) in [5.74, 6) is 0.749. The highest BCUT2D eigenvalue weighted by Gasteiger charge is 2.18. The number of nitrogens with one attached hydrogen (secondary N) is 2. The summed E-state index contributed by atoms with van der Waals surface area (Å²) in [4.78, 5) is 26.2. The lowest BCUT2D eigenvalue weighted by Gasteiger charge is -2.11. The van der Waals surface area contributed by atoms with Gasteiger partial charge in [-0.05, 0) is 19.3 Å². The van der Waals surface area contributed by atoms with Gasteiger partial charge >= 0.3 is 0 Å². The fraction of sp³-hybridized carbons (Fsp3) is 0.571. The molecule has 3 rings (SSSR count). The van der Waals surface area contributed by atoms with E-state index in [1.54, 1.807) is 10.5 Å². The van der Waals surface area contributed by atoms with Gasteiger partial charge in [0.15, 0.2) is 5.16 Å². The van der Waals surface area contributed by atoms with Crippen molar-refractivity contribution in [3.63, 3.8) is 0 Å². The van der Waals surface area contributed by atoms with Crippen LogP contribution in [0.25, 0.3) is 5.78 Å². The minimum atomic E-state index is -0.188. The first kappa shape index (κ1) is 15.1. The Morgan fingerprint density at radius 3 is 2.95 bits per heavy atom. The number of thioether (sulfide) groups is 1. The molecule has 0 unspecified atom stereocenters. The van der Waals surface area contributed by atoms with Gasteiger partial charge in [-0.25, -0.2) is 0 Å². The zero-order valence-corrected chi connectivity index (χ0v) is 13.3. The van der Waals surface area contributed by atoms with Gasteiger partial charge in [-0.2, -0.15) is 0 Å². The van der Waals surface area contributed by atoms with E-state index in [1.807, 2.05) is 6.92 Å². The topological polar surface area (TPSA) is 92.2 Å². The number of hydrogen-bond donors (Lipinski definition) is 2. The van der Waals surface area contributed by atoms with Crippen molar-refractivity contribution in [3.05, 3.63) is 22.1 Å². The van der Waals surface area contributed by atoms with Crippen LogP contribution in [0, 0.1) is 0 Å². The van der Waals surface area contributed by atoms with Crippen molar-refractivity contribution in [1.29, 1.82) is 0 Å². The number of aryl methyl sites for hydroxylation is 1. The van der Waals surface area contributed by atoms with Gasteiger partial charge in [-0.3, -0.25) is 19.0 Å². The molecule has 1 amide bonds. The summed E-state index contributed by atoms with van der Waals surface area (Å²) in [5.41, 5.74) is 0.648. The molecule has 0 bridgehead atoms. The van der Waals surface area contributed by atoms with E-state index >= 15 is 0 Å². The SMILES string of the molecule is CCc1cc(=O)[nH]c2nnc(SCC(=O)NC3CCCC3)n12. The minimum absolute atomic E-state index is 0.0242. The molecule has 2 N–H and O–H groups in total. The average Bonchev–Trinajstić information content (AvgIpc) is 3.13. The van der Waals surface area contributed by atoms with Crippen LogP contribution in [-0.2, 0) is 11.2 Å². The lowest BCUT2D eigenvalue weighted by molar-refractivity contribution is -0.119. The fourth-order valence-electron chi connectivity index (χ4n) is 2.80. The molecular formula is C14H19N5O2S. The zero-order valence-electron chi connectivity index (χ0n) is 12.5. The van der Waals surface area contributed by atoms with Gasteiger partial charge in [0.25, 0.3) is 5.56 Å². The third-order valence-electron chi connectivity index (χ3n) is 3.87. The molecule has 0 saturated heterocycles. The second kappa shape index (κ2) is 6.51. The lowest BCUT2D eigenvalue weighted by atomic mass is 10.2. The number of fused-ring (bicyclic) bond motifs is 1. The van der Waals surface area contributed by atoms with Crippen molar-refractivity contribution in [2.75, 3.05) is 5.75 Å². The Kier molecular flexibility index (Phi) is 4.47. The van der Waals surface area contributed by atoms with Crippen LogP contribution in [0.4, 0.5) is 0 Å². The maximum atomic E-state index is 12.0. The molecule has 0 aromatic carbocycles. The minimum Gasteiger partial charge on any atom is -0.353 e. The van der Waals surface area contributed by atoms with Crippen molar-refractivity contribution in [1.82, 2.24) is 24.9 Å². The van der Waals surface area contributed by atoms with Gasteiger partial charge in [0.1, 0.15) is 0 Å². The predicted molar refractivity (Wildman–Crippen MR) is 84.1 cm³/mol. The number of aromatic amines is 1. The van der Waals surface area contributed by atoms with Crippen molar-refractivity contribution in [3.8, 4) is 0 Å². The highest BCUT2D eigenvalue weighted by atomic mass is 32.2. The number of hydrogen-bond acceptors (Lipinski definition) is 5. The van der Waals surface area contributed by atoms with E-state index in [4.69, 9.17) is 0 Å². The fourth-order valence-corrected chi connectivity index (χ4v) is 3.57. The standard InChI is InChI=1S/C14H19N5O2S/c1-2-10-7-11(20)16-13-17-18-14(19(10)13)22-8-12(21)15-9-5-3-4-6-9/h7,9H,2-6,8H2,1H3,(H,15,21)(H,16,17,20). The van der Waals surface area contributed by atoms with E-state index in [0.29, 0.717) is 29.1 Å². The first-order valence-corrected chi connectivity index (χ1v) is 8.55. The van der Waals surface area contributed by atoms with Crippen LogP contribution in [0.15, 0.2) is 16.0 Å². The van der Waals surface area contributed by atoms with E-state index in [1.165, 1.54) is 24.6 Å². The van der Waals surface area contributed by atoms with Crippen LogP contribution < -0.4 is 10.9 Å². The van der Waals surface area contributed by atoms with Crippen molar-refractivity contribution in [2.45, 2.75) is 50.2 Å². The molecular weight excluding hydrogens is 302 g/mol. The average molecular weight is 321 g/mol. The number of amides is 1. The van der Waals surface area contributed by atoms with E-state index < -0.39 is 0 Å². The molecule has 0 atom stereocenters. The van der Waals surface area contributed by atoms with Crippen LogP contribution >= 0.6 is 11.8 Å². The van der Waals surface area contributed by atoms with Crippen LogP contribution in [0.1, 0.15) is 38.3 Å². The second-order valence-corrected chi connectivity index (χ2v) is 6.40. The summed E-state index contributed by atoms with van der Waals surface area (Å²) < 4.78 is 1.80. The summed E-state index contributed by atoms with van der Waals surface area (Å²) in [6.45, 7) is 1.97. The Morgan fingerprint density at radius 2 is 2.23 bits per heavy atom. The molecule has 2 heterocycles. The van der Waals surface area contributed by atoms with Gasteiger partial charge in [0, 0.05) is 17.8 Å². The lowest BCUT2D eigenvalue weighted by Crippen LogP contribution is -2.33. The number of aromatic nitrogens is 4. The summed E-state index contributed by atoms with van der Waals surface area (Å²) in [6.07, 6.45) is 5.23. The molecule has 1 aliphatic rings. The Bertz CT molecular complexity index is 732. The normalized spacial score (nSPS) is 15.5. The molecule has 8 heteroatoms. The predicted octanol–water partition coefficient (Wildman–Crippen LogP) is 1.13. The highest BCUT2D eigenvalue weighted by molar-refractivity contribution is 7.99. The second-order valence-electron chi connectivity index (χ2n) is 5.46. The molecule has 2 aromatic rings. The largest absolute Gasteiger partial charge is 0.353 e. The van der Waals surface area contributed by atoms with Gasteiger partial charge < -0.3 is 5.32 Å². The molecule has 1 saturated carbocycles. The third-order valence-corrected chi connectivity index (χ3v) is 4.80. The first-order valence-electron chi connectivity index (χ1n) is 7.57. The molecule has 118 valence electrons. The van der Waals surface area contributed by atoms with E-state index in [2.05, 4.69) is 20.5 Å². The van der Waals surface area contributed by atoms with Crippen LogP contribution in [0.5, 0.6) is 0 Å². The molecule has 0 aliphatic heterocycles. The maximum Gasteiger partial charge on any atom is 0.252 e. The summed E-state index contributed by atoms with van der Waals surface area (Å²) in [7, 11) is 0. The van der Waals surface area contributed by atoms with Gasteiger partial charge in [-0.15, -0.1) is 10.2 Å². The van der Waals surface area contributed by atoms with Gasteiger partial charge in [0.2, 0.25) is 11.7 Å². The third kappa shape index (κ3) is 3.16. The molecule has 1 aliphatic carbocycles. The summed E-state index contributed by atoms with van der Waals surface area (Å²) in [5, 5.41) is 11.7. The number of carbonyl (C=O) groups is 1. The molecule has 2 aromatic heterocycles. The Hall–Kier alpha value is -1.83. The Balaban J connectivity index is 1.71. The summed E-state index contributed by atoms with van der Waals surface area (Å²) >= 11 is 1.34. The maximum absolute atomic E-state index is 12.0. The number of H-pyrrole nitrogens is 1. The Morgan fingerprint density at radius 1 is 1.45 bits per heavy atom. The van der Waals surface area contributed by atoms with Crippen molar-refractivity contribution >= 4 is 23.4 Å². The smallest absolute Gasteiger partial charge is 0.252 e. The molecule has 7 nitrogen and oxygen atoms in total. The number of rotatable bonds is 5. The van der Waals surface area contributed by atoms with Crippen molar-refractivity contribution in [2.24, 2.45) is 0 Å². The zero-order chi connectivity index (χ0) is 15.5. The molecule has 0 spiro atoms. The Labute approximate surface area is 131 Å². The van der Waals surface area contributed by atoms with Gasteiger partial charge in [0.05, 0.1) is 5.75 Å². The molecule has 1 fully saturated rings. The molecule has 22 heavy (non-hydrogen) atoms. The summed E-state index contributed by atoms with van der Waals surface area (Å²) in [6, 6.07) is 1.87. The van der Waals surface area contributed by atoms with Crippen molar-refractivity contribution < 1.29 is 4.79 Å². The van der Waals surface area contributed by atoms with Gasteiger partial charge in [-0.1, -0.05) is 31.5 Å². The van der Waals surface area contributed by atoms with Crippen LogP contribution in [-0.4, -0.2) is 37.3 Å². The van der Waals surface area contributed by atoms with Crippen LogP contribution in [0.2, 0.25) is 0 Å². The first-order chi connectivity index (χ1) is 10.7. The number of nitrogens with zero attached hydrogens (tertiary/aromatic N) is 3. The molecule has 0 radical (unpaired) electrons.